The fraction of sp³-hybridized carbons (Fsp3) is 0.571. The van der Waals surface area contributed by atoms with E-state index in [2.05, 4.69) is 27.3 Å². The largest absolute Gasteiger partial charge is 0.316 e. The monoisotopic (exact) mass is 279 g/mol. The van der Waals surface area contributed by atoms with Gasteiger partial charge in [0.1, 0.15) is 0 Å². The Labute approximate surface area is 106 Å². The number of rotatable bonds is 0. The van der Waals surface area contributed by atoms with Crippen LogP contribution in [0.2, 0.25) is 0 Å². The Morgan fingerprint density at radius 1 is 0.875 bits per heavy atom. The van der Waals surface area contributed by atoms with Gasteiger partial charge in [-0.1, -0.05) is 22.0 Å². The number of benzene rings is 1. The Morgan fingerprint density at radius 2 is 1.56 bits per heavy atom. The number of halogens is 1. The maximum Gasteiger partial charge on any atom is 0.0245 e. The molecule has 0 spiro atoms. The van der Waals surface area contributed by atoms with Gasteiger partial charge in [-0.15, -0.1) is 0 Å². The molecule has 0 saturated heterocycles. The summed E-state index contributed by atoms with van der Waals surface area (Å²) in [6, 6.07) is 2.49. The van der Waals surface area contributed by atoms with Crippen molar-refractivity contribution in [1.29, 1.82) is 0 Å². The second-order valence-corrected chi connectivity index (χ2v) is 5.72. The molecule has 1 aromatic carbocycles. The fourth-order valence-electron chi connectivity index (χ4n) is 3.01. The third kappa shape index (κ3) is 1.82. The molecular weight excluding hydrogens is 262 g/mol. The normalized spacial score (nSPS) is 19.8. The van der Waals surface area contributed by atoms with Gasteiger partial charge in [-0.3, -0.25) is 0 Å². The van der Waals surface area contributed by atoms with Crippen molar-refractivity contribution in [1.82, 2.24) is 5.32 Å². The lowest BCUT2D eigenvalue weighted by Crippen LogP contribution is -2.16. The molecule has 0 amide bonds. The molecule has 1 nitrogen and oxygen atoms in total. The zero-order valence-electron chi connectivity index (χ0n) is 9.61. The lowest BCUT2D eigenvalue weighted by Gasteiger charge is -2.21. The molecule has 0 fully saturated rings. The summed E-state index contributed by atoms with van der Waals surface area (Å²) in [6.07, 6.45) is 7.68. The highest BCUT2D eigenvalue weighted by Crippen LogP contribution is 2.34. The Hall–Kier alpha value is -0.340. The van der Waals surface area contributed by atoms with Crippen LogP contribution in [0.15, 0.2) is 10.5 Å². The summed E-state index contributed by atoms with van der Waals surface area (Å²) >= 11 is 3.86. The molecule has 1 N–H and O–H groups in total. The van der Waals surface area contributed by atoms with E-state index < -0.39 is 0 Å². The van der Waals surface area contributed by atoms with Crippen molar-refractivity contribution in [3.05, 3.63) is 32.8 Å². The molecule has 0 bridgehead atoms. The summed E-state index contributed by atoms with van der Waals surface area (Å²) in [4.78, 5) is 0. The molecule has 2 aliphatic rings. The second kappa shape index (κ2) is 4.50. The SMILES string of the molecule is Brc1c2c(cc3c1CCNCC3)CCCC2. The number of hydrogen-bond acceptors (Lipinski definition) is 1. The molecule has 0 saturated carbocycles. The minimum atomic E-state index is 1.13. The lowest BCUT2D eigenvalue weighted by molar-refractivity contribution is 0.680. The molecule has 0 unspecified atom stereocenters. The number of fused-ring (bicyclic) bond motifs is 2. The first-order valence-corrected chi connectivity index (χ1v) is 7.18. The molecule has 3 rings (SSSR count). The summed E-state index contributed by atoms with van der Waals surface area (Å²) in [5.41, 5.74) is 6.37. The smallest absolute Gasteiger partial charge is 0.0245 e. The van der Waals surface area contributed by atoms with Crippen LogP contribution in [0.25, 0.3) is 0 Å². The van der Waals surface area contributed by atoms with Crippen molar-refractivity contribution < 1.29 is 0 Å². The molecule has 1 aliphatic heterocycles. The third-order valence-electron chi connectivity index (χ3n) is 3.90. The Kier molecular flexibility index (Phi) is 3.03. The van der Waals surface area contributed by atoms with Gasteiger partial charge in [0.15, 0.2) is 0 Å². The lowest BCUT2D eigenvalue weighted by atomic mass is 9.87. The van der Waals surface area contributed by atoms with Crippen molar-refractivity contribution in [2.75, 3.05) is 13.1 Å². The first kappa shape index (κ1) is 10.8. The van der Waals surface area contributed by atoms with E-state index in [1.54, 1.807) is 22.3 Å². The maximum atomic E-state index is 3.86. The topological polar surface area (TPSA) is 12.0 Å². The first-order valence-electron chi connectivity index (χ1n) is 6.39. The van der Waals surface area contributed by atoms with Crippen LogP contribution in [-0.2, 0) is 25.7 Å². The van der Waals surface area contributed by atoms with E-state index in [-0.39, 0.29) is 0 Å². The van der Waals surface area contributed by atoms with E-state index >= 15 is 0 Å². The molecule has 1 aliphatic carbocycles. The van der Waals surface area contributed by atoms with Crippen LogP contribution in [0.3, 0.4) is 0 Å². The van der Waals surface area contributed by atoms with Crippen molar-refractivity contribution in [2.45, 2.75) is 38.5 Å². The predicted molar refractivity (Wildman–Crippen MR) is 71.1 cm³/mol. The molecule has 0 aromatic heterocycles. The van der Waals surface area contributed by atoms with Gasteiger partial charge in [0.25, 0.3) is 0 Å². The minimum absolute atomic E-state index is 1.13. The predicted octanol–water partition coefficient (Wildman–Crippen LogP) is 3.02. The van der Waals surface area contributed by atoms with Crippen LogP contribution in [0.5, 0.6) is 0 Å². The zero-order valence-corrected chi connectivity index (χ0v) is 11.2. The number of hydrogen-bond donors (Lipinski definition) is 1. The first-order chi connectivity index (χ1) is 7.86. The average molecular weight is 280 g/mol. The molecule has 86 valence electrons. The van der Waals surface area contributed by atoms with Crippen molar-refractivity contribution in [2.24, 2.45) is 0 Å². The van der Waals surface area contributed by atoms with E-state index in [9.17, 15) is 0 Å². The quantitative estimate of drug-likeness (QED) is 0.770. The van der Waals surface area contributed by atoms with Crippen molar-refractivity contribution >= 4 is 15.9 Å². The fourth-order valence-corrected chi connectivity index (χ4v) is 3.92. The highest BCUT2D eigenvalue weighted by atomic mass is 79.9. The van der Waals surface area contributed by atoms with E-state index in [0.717, 1.165) is 13.1 Å². The van der Waals surface area contributed by atoms with Gasteiger partial charge in [-0.25, -0.2) is 0 Å². The van der Waals surface area contributed by atoms with Gasteiger partial charge in [-0.2, -0.15) is 0 Å². The van der Waals surface area contributed by atoms with Crippen LogP contribution in [0.1, 0.15) is 35.1 Å². The summed E-state index contributed by atoms with van der Waals surface area (Å²) in [5, 5.41) is 3.49. The molecule has 0 atom stereocenters. The molecule has 0 radical (unpaired) electrons. The molecule has 1 aromatic rings. The Morgan fingerprint density at radius 3 is 2.50 bits per heavy atom. The van der Waals surface area contributed by atoms with E-state index in [1.807, 2.05) is 0 Å². The van der Waals surface area contributed by atoms with Gasteiger partial charge in [0, 0.05) is 4.47 Å². The molecule has 1 heterocycles. The van der Waals surface area contributed by atoms with Crippen LogP contribution in [0.4, 0.5) is 0 Å². The van der Waals surface area contributed by atoms with Gasteiger partial charge in [0.05, 0.1) is 0 Å². The van der Waals surface area contributed by atoms with Gasteiger partial charge < -0.3 is 5.32 Å². The maximum absolute atomic E-state index is 3.86. The summed E-state index contributed by atoms with van der Waals surface area (Å²) in [7, 11) is 0. The number of aryl methyl sites for hydroxylation is 1. The highest BCUT2D eigenvalue weighted by Gasteiger charge is 2.19. The Bertz CT molecular complexity index is 412. The number of nitrogens with one attached hydrogen (secondary N) is 1. The van der Waals surface area contributed by atoms with Gasteiger partial charge >= 0.3 is 0 Å². The van der Waals surface area contributed by atoms with Crippen LogP contribution >= 0.6 is 15.9 Å². The zero-order chi connectivity index (χ0) is 11.0. The standard InChI is InChI=1S/C14H18BrN/c15-14-12-4-2-1-3-10(12)9-11-5-7-16-8-6-13(11)14/h9,16H,1-8H2. The van der Waals surface area contributed by atoms with Crippen molar-refractivity contribution in [3.8, 4) is 0 Å². The highest BCUT2D eigenvalue weighted by molar-refractivity contribution is 9.10. The average Bonchev–Trinajstić information content (AvgIpc) is 2.55. The third-order valence-corrected chi connectivity index (χ3v) is 4.86. The van der Waals surface area contributed by atoms with Gasteiger partial charge in [0.2, 0.25) is 0 Å². The summed E-state index contributed by atoms with van der Waals surface area (Å²) < 4.78 is 1.43. The minimum Gasteiger partial charge on any atom is -0.316 e. The summed E-state index contributed by atoms with van der Waals surface area (Å²) in [6.45, 7) is 2.27. The van der Waals surface area contributed by atoms with E-state index in [1.165, 1.54) is 43.0 Å². The van der Waals surface area contributed by atoms with Crippen LogP contribution < -0.4 is 5.32 Å². The molecule has 16 heavy (non-hydrogen) atoms. The summed E-state index contributed by atoms with van der Waals surface area (Å²) in [5.74, 6) is 0. The van der Waals surface area contributed by atoms with Crippen LogP contribution in [0, 0.1) is 0 Å². The van der Waals surface area contributed by atoms with E-state index in [4.69, 9.17) is 0 Å². The Balaban J connectivity index is 2.12. The molecular formula is C14H18BrN. The molecule has 2 heteroatoms. The van der Waals surface area contributed by atoms with Crippen LogP contribution in [-0.4, -0.2) is 13.1 Å². The van der Waals surface area contributed by atoms with Gasteiger partial charge in [-0.05, 0) is 73.9 Å². The van der Waals surface area contributed by atoms with Crippen molar-refractivity contribution in [3.63, 3.8) is 0 Å². The van der Waals surface area contributed by atoms with E-state index in [0.29, 0.717) is 0 Å². The second-order valence-electron chi connectivity index (χ2n) is 4.92.